The number of piperidine rings is 1. The van der Waals surface area contributed by atoms with Crippen LogP contribution in [-0.4, -0.2) is 33.9 Å². The topological polar surface area (TPSA) is 58.1 Å². The molecule has 138 valence electrons. The van der Waals surface area contributed by atoms with E-state index in [1.54, 1.807) is 4.90 Å². The molecule has 0 aliphatic carbocycles. The van der Waals surface area contributed by atoms with Crippen molar-refractivity contribution in [1.82, 2.24) is 14.9 Å². The highest BCUT2D eigenvalue weighted by atomic mass is 19.4. The first-order chi connectivity index (χ1) is 12.3. The first-order valence-corrected chi connectivity index (χ1v) is 8.38. The summed E-state index contributed by atoms with van der Waals surface area (Å²) in [5.41, 5.74) is -0.290. The molecule has 1 aliphatic heterocycles. The maximum Gasteiger partial charge on any atom is 0.416 e. The molecule has 1 saturated heterocycles. The Labute approximate surface area is 149 Å². The van der Waals surface area contributed by atoms with Crippen LogP contribution in [0.3, 0.4) is 0 Å². The predicted octanol–water partition coefficient (Wildman–Crippen LogP) is 4.11. The Morgan fingerprint density at radius 2 is 2.08 bits per heavy atom. The number of likely N-dealkylation sites (tertiary alicyclic amines) is 1. The van der Waals surface area contributed by atoms with Crippen molar-refractivity contribution in [2.24, 2.45) is 5.92 Å². The van der Waals surface area contributed by atoms with E-state index in [-0.39, 0.29) is 23.1 Å². The van der Waals surface area contributed by atoms with E-state index in [1.165, 1.54) is 24.5 Å². The number of rotatable bonds is 3. The van der Waals surface area contributed by atoms with Gasteiger partial charge in [-0.3, -0.25) is 4.79 Å². The summed E-state index contributed by atoms with van der Waals surface area (Å²) in [6.07, 6.45) is -1.14. The SMILES string of the molecule is CC1CCCN(C(=O)c2cc(Nc3cccc(C(F)(F)F)c3)ncn2)C1. The first-order valence-electron chi connectivity index (χ1n) is 8.38. The largest absolute Gasteiger partial charge is 0.416 e. The number of hydrogen-bond acceptors (Lipinski definition) is 4. The van der Waals surface area contributed by atoms with Crippen molar-refractivity contribution in [3.63, 3.8) is 0 Å². The summed E-state index contributed by atoms with van der Waals surface area (Å²) in [7, 11) is 0. The van der Waals surface area contributed by atoms with Crippen LogP contribution in [0, 0.1) is 5.92 Å². The van der Waals surface area contributed by atoms with E-state index in [0.29, 0.717) is 19.0 Å². The molecule has 1 N–H and O–H groups in total. The monoisotopic (exact) mass is 364 g/mol. The Balaban J connectivity index is 1.76. The maximum atomic E-state index is 12.8. The smallest absolute Gasteiger partial charge is 0.340 e. The first kappa shape index (κ1) is 18.2. The number of amides is 1. The molecule has 1 aromatic heterocycles. The highest BCUT2D eigenvalue weighted by Gasteiger charge is 2.30. The Morgan fingerprint density at radius 3 is 2.81 bits per heavy atom. The minimum absolute atomic E-state index is 0.189. The molecule has 2 aromatic rings. The van der Waals surface area contributed by atoms with Gasteiger partial charge in [-0.2, -0.15) is 13.2 Å². The molecule has 3 rings (SSSR count). The molecule has 8 heteroatoms. The lowest BCUT2D eigenvalue weighted by molar-refractivity contribution is -0.137. The van der Waals surface area contributed by atoms with E-state index in [0.717, 1.165) is 25.0 Å². The van der Waals surface area contributed by atoms with Crippen LogP contribution in [0.15, 0.2) is 36.7 Å². The summed E-state index contributed by atoms with van der Waals surface area (Å²) < 4.78 is 38.4. The molecule has 0 saturated carbocycles. The van der Waals surface area contributed by atoms with Gasteiger partial charge in [0.1, 0.15) is 17.8 Å². The molecular formula is C18H19F3N4O. The van der Waals surface area contributed by atoms with Crippen molar-refractivity contribution in [3.05, 3.63) is 47.9 Å². The Morgan fingerprint density at radius 1 is 1.27 bits per heavy atom. The van der Waals surface area contributed by atoms with Gasteiger partial charge in [0.25, 0.3) is 5.91 Å². The predicted molar refractivity (Wildman–Crippen MR) is 91.1 cm³/mol. The van der Waals surface area contributed by atoms with E-state index >= 15 is 0 Å². The van der Waals surface area contributed by atoms with Crippen LogP contribution >= 0.6 is 0 Å². The zero-order valence-electron chi connectivity index (χ0n) is 14.3. The van der Waals surface area contributed by atoms with Gasteiger partial charge in [-0.05, 0) is 37.0 Å². The molecule has 0 bridgehead atoms. The van der Waals surface area contributed by atoms with Crippen LogP contribution in [0.2, 0.25) is 0 Å². The summed E-state index contributed by atoms with van der Waals surface area (Å²) in [4.78, 5) is 22.4. The van der Waals surface area contributed by atoms with E-state index in [9.17, 15) is 18.0 Å². The fourth-order valence-electron chi connectivity index (χ4n) is 3.00. The number of benzene rings is 1. The number of halogens is 3. The molecule has 1 fully saturated rings. The zero-order chi connectivity index (χ0) is 18.7. The van der Waals surface area contributed by atoms with Crippen molar-refractivity contribution in [1.29, 1.82) is 0 Å². The van der Waals surface area contributed by atoms with E-state index in [2.05, 4.69) is 22.2 Å². The van der Waals surface area contributed by atoms with Crippen molar-refractivity contribution >= 4 is 17.4 Å². The lowest BCUT2D eigenvalue weighted by Crippen LogP contribution is -2.39. The van der Waals surface area contributed by atoms with Crippen LogP contribution < -0.4 is 5.32 Å². The van der Waals surface area contributed by atoms with Crippen LogP contribution in [0.4, 0.5) is 24.7 Å². The van der Waals surface area contributed by atoms with Crippen molar-refractivity contribution in [3.8, 4) is 0 Å². The fraction of sp³-hybridized carbons (Fsp3) is 0.389. The second-order valence-electron chi connectivity index (χ2n) is 6.49. The van der Waals surface area contributed by atoms with Gasteiger partial charge in [-0.1, -0.05) is 13.0 Å². The highest BCUT2D eigenvalue weighted by molar-refractivity contribution is 5.93. The molecule has 1 amide bonds. The highest BCUT2D eigenvalue weighted by Crippen LogP contribution is 2.31. The number of aromatic nitrogens is 2. The number of nitrogens with zero attached hydrogens (tertiary/aromatic N) is 3. The number of alkyl halides is 3. The second kappa shape index (κ2) is 7.31. The third-order valence-electron chi connectivity index (χ3n) is 4.29. The van der Waals surface area contributed by atoms with Crippen LogP contribution in [0.5, 0.6) is 0 Å². The van der Waals surface area contributed by atoms with Gasteiger partial charge in [0.2, 0.25) is 0 Å². The van der Waals surface area contributed by atoms with Gasteiger partial charge in [-0.25, -0.2) is 9.97 Å². The Bertz CT molecular complexity index is 794. The molecular weight excluding hydrogens is 345 g/mol. The molecule has 0 radical (unpaired) electrons. The van der Waals surface area contributed by atoms with Gasteiger partial charge in [0, 0.05) is 24.8 Å². The Hall–Kier alpha value is -2.64. The summed E-state index contributed by atoms with van der Waals surface area (Å²) in [5, 5.41) is 2.80. The number of hydrogen-bond donors (Lipinski definition) is 1. The molecule has 1 aromatic carbocycles. The van der Waals surface area contributed by atoms with Crippen LogP contribution in [0.25, 0.3) is 0 Å². The van der Waals surface area contributed by atoms with E-state index in [4.69, 9.17) is 0 Å². The van der Waals surface area contributed by atoms with Crippen molar-refractivity contribution in [2.45, 2.75) is 25.9 Å². The number of carbonyl (C=O) groups is 1. The molecule has 0 spiro atoms. The lowest BCUT2D eigenvalue weighted by Gasteiger charge is -2.30. The fourth-order valence-corrected chi connectivity index (χ4v) is 3.00. The minimum atomic E-state index is -4.42. The average Bonchev–Trinajstić information content (AvgIpc) is 2.61. The summed E-state index contributed by atoms with van der Waals surface area (Å²) in [5.74, 6) is 0.524. The van der Waals surface area contributed by atoms with Gasteiger partial charge < -0.3 is 10.2 Å². The second-order valence-corrected chi connectivity index (χ2v) is 6.49. The van der Waals surface area contributed by atoms with Gasteiger partial charge >= 0.3 is 6.18 Å². The third kappa shape index (κ3) is 4.30. The summed E-state index contributed by atoms with van der Waals surface area (Å²) in [6, 6.07) is 6.27. The number of carbonyl (C=O) groups excluding carboxylic acids is 1. The van der Waals surface area contributed by atoms with Crippen LogP contribution in [0.1, 0.15) is 35.8 Å². The maximum absolute atomic E-state index is 12.8. The van der Waals surface area contributed by atoms with E-state index in [1.807, 2.05) is 0 Å². The van der Waals surface area contributed by atoms with Gasteiger partial charge in [0.05, 0.1) is 5.56 Å². The molecule has 5 nitrogen and oxygen atoms in total. The Kier molecular flexibility index (Phi) is 5.11. The van der Waals surface area contributed by atoms with E-state index < -0.39 is 11.7 Å². The van der Waals surface area contributed by atoms with Crippen molar-refractivity contribution in [2.75, 3.05) is 18.4 Å². The van der Waals surface area contributed by atoms with Gasteiger partial charge in [0.15, 0.2) is 0 Å². The third-order valence-corrected chi connectivity index (χ3v) is 4.29. The molecule has 26 heavy (non-hydrogen) atoms. The number of anilines is 2. The average molecular weight is 364 g/mol. The minimum Gasteiger partial charge on any atom is -0.340 e. The molecule has 2 heterocycles. The molecule has 1 aliphatic rings. The normalized spacial score (nSPS) is 17.8. The molecule has 1 atom stereocenters. The zero-order valence-corrected chi connectivity index (χ0v) is 14.3. The quantitative estimate of drug-likeness (QED) is 0.890. The van der Waals surface area contributed by atoms with Crippen LogP contribution in [-0.2, 0) is 6.18 Å². The van der Waals surface area contributed by atoms with Crippen molar-refractivity contribution < 1.29 is 18.0 Å². The lowest BCUT2D eigenvalue weighted by atomic mass is 10.00. The number of nitrogens with one attached hydrogen (secondary N) is 1. The summed E-state index contributed by atoms with van der Waals surface area (Å²) >= 11 is 0. The summed E-state index contributed by atoms with van der Waals surface area (Å²) in [6.45, 7) is 3.46. The molecule has 1 unspecified atom stereocenters. The standard InChI is InChI=1S/C18H19F3N4O/c1-12-4-3-7-25(10-12)17(26)15-9-16(23-11-22-15)24-14-6-2-5-13(8-14)18(19,20)21/h2,5-6,8-9,11-12H,3-4,7,10H2,1H3,(H,22,23,24). The van der Waals surface area contributed by atoms with Gasteiger partial charge in [-0.15, -0.1) is 0 Å².